The minimum absolute atomic E-state index is 0.0228. The third-order valence-corrected chi connectivity index (χ3v) is 5.40. The predicted molar refractivity (Wildman–Crippen MR) is 121 cm³/mol. The van der Waals surface area contributed by atoms with Crippen LogP contribution in [0.3, 0.4) is 0 Å². The van der Waals surface area contributed by atoms with Crippen molar-refractivity contribution in [1.29, 1.82) is 0 Å². The van der Waals surface area contributed by atoms with Gasteiger partial charge in [0, 0.05) is 6.54 Å². The maximum absolute atomic E-state index is 12.8. The summed E-state index contributed by atoms with van der Waals surface area (Å²) < 4.78 is 5.70. The molecule has 1 atom stereocenters. The molecule has 1 unspecified atom stereocenters. The number of aryl methyl sites for hydroxylation is 2. The highest BCUT2D eigenvalue weighted by molar-refractivity contribution is 6.07. The Balaban J connectivity index is 1.45. The lowest BCUT2D eigenvalue weighted by Gasteiger charge is -2.22. The molecule has 1 saturated heterocycles. The van der Waals surface area contributed by atoms with Crippen molar-refractivity contribution in [1.82, 2.24) is 20.7 Å². The number of hydrogen-bond donors (Lipinski definition) is 2. The van der Waals surface area contributed by atoms with Crippen molar-refractivity contribution in [3.05, 3.63) is 65.7 Å². The summed E-state index contributed by atoms with van der Waals surface area (Å²) in [6.07, 6.45) is 1.07. The largest absolute Gasteiger partial charge is 0.492 e. The van der Waals surface area contributed by atoms with Crippen molar-refractivity contribution in [2.45, 2.75) is 32.2 Å². The lowest BCUT2D eigenvalue weighted by atomic mass is 9.93. The first kappa shape index (κ1) is 23.3. The fourth-order valence-corrected chi connectivity index (χ4v) is 3.50. The fraction of sp³-hybridized carbons (Fsp3) is 0.375. The summed E-state index contributed by atoms with van der Waals surface area (Å²) in [7, 11) is 1.77. The number of imide groups is 1. The van der Waals surface area contributed by atoms with Gasteiger partial charge in [-0.25, -0.2) is 4.79 Å². The van der Waals surface area contributed by atoms with E-state index >= 15 is 0 Å². The van der Waals surface area contributed by atoms with E-state index in [9.17, 15) is 14.4 Å². The second-order valence-corrected chi connectivity index (χ2v) is 8.33. The first-order valence-corrected chi connectivity index (χ1v) is 10.6. The van der Waals surface area contributed by atoms with E-state index in [0.29, 0.717) is 26.0 Å². The van der Waals surface area contributed by atoms with Gasteiger partial charge in [0.05, 0.1) is 6.54 Å². The van der Waals surface area contributed by atoms with E-state index < -0.39 is 23.4 Å². The molecule has 8 nitrogen and oxygen atoms in total. The van der Waals surface area contributed by atoms with E-state index in [-0.39, 0.29) is 6.54 Å². The van der Waals surface area contributed by atoms with Gasteiger partial charge in [0.2, 0.25) is 0 Å². The topological polar surface area (TPSA) is 91.0 Å². The van der Waals surface area contributed by atoms with Gasteiger partial charge in [0.25, 0.3) is 11.8 Å². The highest BCUT2D eigenvalue weighted by Crippen LogP contribution is 2.22. The summed E-state index contributed by atoms with van der Waals surface area (Å²) in [6.45, 7) is 4.61. The van der Waals surface area contributed by atoms with Crippen LogP contribution in [0.2, 0.25) is 0 Å². The molecule has 2 aromatic carbocycles. The summed E-state index contributed by atoms with van der Waals surface area (Å²) in [6, 6.07) is 16.9. The van der Waals surface area contributed by atoms with Gasteiger partial charge >= 0.3 is 6.03 Å². The number of carbonyl (C=O) groups is 3. The van der Waals surface area contributed by atoms with E-state index in [0.717, 1.165) is 21.9 Å². The Hall–Kier alpha value is -3.39. The molecule has 32 heavy (non-hydrogen) atoms. The molecular weight excluding hydrogens is 408 g/mol. The Labute approximate surface area is 188 Å². The van der Waals surface area contributed by atoms with Crippen molar-refractivity contribution in [3.8, 4) is 5.75 Å². The zero-order chi connectivity index (χ0) is 23.1. The molecule has 1 heterocycles. The Kier molecular flexibility index (Phi) is 7.48. The number of benzene rings is 2. The number of ether oxygens (including phenoxy) is 1. The average molecular weight is 439 g/mol. The number of rotatable bonds is 10. The van der Waals surface area contributed by atoms with E-state index in [4.69, 9.17) is 4.74 Å². The van der Waals surface area contributed by atoms with Crippen molar-refractivity contribution in [2.75, 3.05) is 26.7 Å². The highest BCUT2D eigenvalue weighted by Gasteiger charge is 2.48. The first-order chi connectivity index (χ1) is 15.3. The molecule has 3 rings (SSSR count). The Morgan fingerprint density at radius 3 is 2.62 bits per heavy atom. The smallest absolute Gasteiger partial charge is 0.344 e. The van der Waals surface area contributed by atoms with Crippen LogP contribution in [0.5, 0.6) is 5.75 Å². The van der Waals surface area contributed by atoms with Gasteiger partial charge in [-0.3, -0.25) is 19.9 Å². The number of nitrogens with zero attached hydrogens (tertiary/aromatic N) is 2. The molecule has 1 aliphatic rings. The van der Waals surface area contributed by atoms with Crippen LogP contribution in [0.25, 0.3) is 0 Å². The predicted octanol–water partition coefficient (Wildman–Crippen LogP) is 2.28. The molecule has 1 fully saturated rings. The molecule has 0 aromatic heterocycles. The fourth-order valence-electron chi connectivity index (χ4n) is 3.50. The Bertz CT molecular complexity index is 965. The zero-order valence-electron chi connectivity index (χ0n) is 18.8. The third kappa shape index (κ3) is 6.07. The molecule has 2 N–H and O–H groups in total. The number of carbonyl (C=O) groups excluding carboxylic acids is 3. The van der Waals surface area contributed by atoms with Crippen molar-refractivity contribution >= 4 is 17.8 Å². The second-order valence-electron chi connectivity index (χ2n) is 8.33. The van der Waals surface area contributed by atoms with Gasteiger partial charge < -0.3 is 10.1 Å². The van der Waals surface area contributed by atoms with Crippen LogP contribution >= 0.6 is 0 Å². The minimum Gasteiger partial charge on any atom is -0.492 e. The number of amides is 4. The van der Waals surface area contributed by atoms with Crippen LogP contribution in [-0.2, 0) is 16.0 Å². The maximum atomic E-state index is 12.8. The lowest BCUT2D eigenvalue weighted by Crippen LogP contribution is -2.51. The van der Waals surface area contributed by atoms with Crippen molar-refractivity contribution < 1.29 is 19.1 Å². The number of hydrogen-bond acceptors (Lipinski definition) is 5. The zero-order valence-corrected chi connectivity index (χ0v) is 18.8. The first-order valence-electron chi connectivity index (χ1n) is 10.6. The molecule has 170 valence electrons. The summed E-state index contributed by atoms with van der Waals surface area (Å²) >= 11 is 0. The van der Waals surface area contributed by atoms with Gasteiger partial charge in [0.15, 0.2) is 0 Å². The Morgan fingerprint density at radius 2 is 1.91 bits per heavy atom. The molecule has 4 amide bonds. The van der Waals surface area contributed by atoms with Crippen LogP contribution in [0.4, 0.5) is 4.79 Å². The van der Waals surface area contributed by atoms with Crippen LogP contribution in [0.15, 0.2) is 54.6 Å². The normalized spacial score (nSPS) is 18.1. The van der Waals surface area contributed by atoms with E-state index in [2.05, 4.69) is 10.7 Å². The lowest BCUT2D eigenvalue weighted by molar-refractivity contribution is -0.139. The Morgan fingerprint density at radius 1 is 1.16 bits per heavy atom. The van der Waals surface area contributed by atoms with Crippen molar-refractivity contribution in [2.24, 2.45) is 0 Å². The standard InChI is InChI=1S/C24H30N4O4/c1-18-8-7-11-20(16-18)32-15-14-27(3)17-21(29)26-28-22(30)24(2,25-23(28)31)13-12-19-9-5-4-6-10-19/h4-11,16H,12-15,17H2,1-3H3,(H,25,31)(H,26,29). The van der Waals surface area contributed by atoms with Gasteiger partial charge in [-0.1, -0.05) is 42.5 Å². The number of nitrogens with one attached hydrogen (secondary N) is 2. The molecule has 8 heteroatoms. The maximum Gasteiger partial charge on any atom is 0.344 e. The van der Waals surface area contributed by atoms with Crippen molar-refractivity contribution in [3.63, 3.8) is 0 Å². The molecule has 0 bridgehead atoms. The van der Waals surface area contributed by atoms with Crippen LogP contribution < -0.4 is 15.5 Å². The van der Waals surface area contributed by atoms with Gasteiger partial charge in [-0.15, -0.1) is 0 Å². The van der Waals surface area contributed by atoms with E-state index in [1.165, 1.54) is 0 Å². The molecule has 0 aliphatic carbocycles. The SMILES string of the molecule is Cc1cccc(OCCN(C)CC(=O)NN2C(=O)NC(C)(CCc3ccccc3)C2=O)c1. The molecule has 0 saturated carbocycles. The monoisotopic (exact) mass is 438 g/mol. The van der Waals surface area contributed by atoms with Crippen LogP contribution in [-0.4, -0.2) is 60.0 Å². The van der Waals surface area contributed by atoms with E-state index in [1.807, 2.05) is 61.5 Å². The third-order valence-electron chi connectivity index (χ3n) is 5.40. The molecule has 2 aromatic rings. The number of hydrazine groups is 1. The van der Waals surface area contributed by atoms with Gasteiger partial charge in [0.1, 0.15) is 17.9 Å². The molecule has 0 radical (unpaired) electrons. The highest BCUT2D eigenvalue weighted by atomic mass is 16.5. The summed E-state index contributed by atoms with van der Waals surface area (Å²) in [5, 5.41) is 3.49. The molecule has 1 aliphatic heterocycles. The second kappa shape index (κ2) is 10.3. The van der Waals surface area contributed by atoms with E-state index in [1.54, 1.807) is 18.9 Å². The number of urea groups is 1. The molecular formula is C24H30N4O4. The quantitative estimate of drug-likeness (QED) is 0.556. The van der Waals surface area contributed by atoms with Crippen LogP contribution in [0.1, 0.15) is 24.5 Å². The van der Waals surface area contributed by atoms with Gasteiger partial charge in [-0.05, 0) is 57.0 Å². The van der Waals surface area contributed by atoms with Crippen LogP contribution in [0, 0.1) is 6.92 Å². The summed E-state index contributed by atoms with van der Waals surface area (Å²) in [5.41, 5.74) is 3.55. The summed E-state index contributed by atoms with van der Waals surface area (Å²) in [4.78, 5) is 39.3. The van der Waals surface area contributed by atoms with Gasteiger partial charge in [-0.2, -0.15) is 5.01 Å². The molecule has 0 spiro atoms. The number of likely N-dealkylation sites (N-methyl/N-ethyl adjacent to an activating group) is 1. The summed E-state index contributed by atoms with van der Waals surface area (Å²) in [5.74, 6) is -0.131. The minimum atomic E-state index is -1.06. The average Bonchev–Trinajstić information content (AvgIpc) is 2.96.